The van der Waals surface area contributed by atoms with E-state index in [2.05, 4.69) is 5.32 Å². The number of carbonyl (C=O) groups is 3. The molecule has 1 aliphatic heterocycles. The lowest BCUT2D eigenvalue weighted by atomic mass is 9.92. The highest BCUT2D eigenvalue weighted by molar-refractivity contribution is 6.11. The molecule has 0 aromatic heterocycles. The van der Waals surface area contributed by atoms with Crippen LogP contribution in [-0.2, 0) is 10.3 Å². The van der Waals surface area contributed by atoms with E-state index in [9.17, 15) is 18.8 Å². The van der Waals surface area contributed by atoms with E-state index in [0.29, 0.717) is 11.3 Å². The molecule has 1 fully saturated rings. The van der Waals surface area contributed by atoms with Crippen LogP contribution in [0.3, 0.4) is 0 Å². The number of urea groups is 1. The van der Waals surface area contributed by atoms with Crippen LogP contribution in [0.15, 0.2) is 42.5 Å². The zero-order valence-electron chi connectivity index (χ0n) is 15.6. The van der Waals surface area contributed by atoms with Gasteiger partial charge in [0.1, 0.15) is 22.9 Å². The van der Waals surface area contributed by atoms with Gasteiger partial charge in [0, 0.05) is 6.07 Å². The molecule has 2 aromatic rings. The van der Waals surface area contributed by atoms with E-state index in [0.717, 1.165) is 4.90 Å². The number of ether oxygens (including phenoxy) is 2. The number of halogens is 1. The quantitative estimate of drug-likeness (QED) is 0.609. The van der Waals surface area contributed by atoms with Crippen molar-refractivity contribution in [3.8, 4) is 11.5 Å². The summed E-state index contributed by atoms with van der Waals surface area (Å²) in [6, 6.07) is 9.20. The van der Waals surface area contributed by atoms with Crippen molar-refractivity contribution in [3.63, 3.8) is 0 Å². The molecule has 3 amide bonds. The van der Waals surface area contributed by atoms with Crippen molar-refractivity contribution in [1.82, 2.24) is 10.2 Å². The van der Waals surface area contributed by atoms with Gasteiger partial charge in [0.25, 0.3) is 5.91 Å². The molecule has 0 unspecified atom stereocenters. The van der Waals surface area contributed by atoms with Crippen LogP contribution in [0.25, 0.3) is 0 Å². The third-order valence-corrected chi connectivity index (χ3v) is 4.71. The Hall–Kier alpha value is -3.42. The maximum atomic E-state index is 13.2. The lowest BCUT2D eigenvalue weighted by molar-refractivity contribution is -0.130. The second-order valence-electron chi connectivity index (χ2n) is 6.44. The highest BCUT2D eigenvalue weighted by Crippen LogP contribution is 2.30. The summed E-state index contributed by atoms with van der Waals surface area (Å²) in [5, 5.41) is 2.58. The van der Waals surface area contributed by atoms with Crippen molar-refractivity contribution >= 4 is 17.7 Å². The molecule has 146 valence electrons. The second kappa shape index (κ2) is 7.30. The van der Waals surface area contributed by atoms with Crippen molar-refractivity contribution in [2.24, 2.45) is 0 Å². The van der Waals surface area contributed by atoms with Crippen LogP contribution in [0, 0.1) is 5.82 Å². The van der Waals surface area contributed by atoms with E-state index in [1.165, 1.54) is 51.5 Å². The van der Waals surface area contributed by atoms with Crippen LogP contribution in [0.2, 0.25) is 0 Å². The molecular formula is C20H19FN2O5. The number of nitrogens with zero attached hydrogens (tertiary/aromatic N) is 1. The lowest BCUT2D eigenvalue weighted by Gasteiger charge is -2.22. The molecule has 0 radical (unpaired) electrons. The molecule has 1 atom stereocenters. The van der Waals surface area contributed by atoms with Crippen molar-refractivity contribution in [2.75, 3.05) is 20.8 Å². The number of rotatable bonds is 6. The summed E-state index contributed by atoms with van der Waals surface area (Å²) in [6.07, 6.45) is 0. The van der Waals surface area contributed by atoms with Crippen molar-refractivity contribution in [2.45, 2.75) is 12.5 Å². The number of amides is 3. The first-order chi connectivity index (χ1) is 13.3. The Morgan fingerprint density at radius 2 is 1.79 bits per heavy atom. The van der Waals surface area contributed by atoms with Crippen molar-refractivity contribution in [1.29, 1.82) is 0 Å². The molecule has 1 heterocycles. The lowest BCUT2D eigenvalue weighted by Crippen LogP contribution is -2.41. The van der Waals surface area contributed by atoms with E-state index < -0.39 is 35.6 Å². The Morgan fingerprint density at radius 3 is 2.39 bits per heavy atom. The molecule has 3 rings (SSSR count). The van der Waals surface area contributed by atoms with Gasteiger partial charge in [0.05, 0.1) is 26.3 Å². The third kappa shape index (κ3) is 3.28. The van der Waals surface area contributed by atoms with Crippen molar-refractivity contribution in [3.05, 3.63) is 59.4 Å². The van der Waals surface area contributed by atoms with Gasteiger partial charge in [-0.15, -0.1) is 0 Å². The minimum absolute atomic E-state index is 0.222. The predicted octanol–water partition coefficient (Wildman–Crippen LogP) is 2.49. The molecule has 0 bridgehead atoms. The van der Waals surface area contributed by atoms with Crippen LogP contribution in [0.5, 0.6) is 11.5 Å². The molecule has 1 aliphatic rings. The van der Waals surface area contributed by atoms with Gasteiger partial charge < -0.3 is 14.8 Å². The van der Waals surface area contributed by atoms with Gasteiger partial charge >= 0.3 is 6.03 Å². The zero-order chi connectivity index (χ0) is 20.5. The molecule has 2 aromatic carbocycles. The number of benzene rings is 2. The van der Waals surface area contributed by atoms with E-state index in [1.807, 2.05) is 0 Å². The second-order valence-corrected chi connectivity index (χ2v) is 6.44. The van der Waals surface area contributed by atoms with Gasteiger partial charge in [-0.05, 0) is 36.8 Å². The van der Waals surface area contributed by atoms with E-state index >= 15 is 0 Å². The monoisotopic (exact) mass is 386 g/mol. The Morgan fingerprint density at radius 1 is 1.11 bits per heavy atom. The van der Waals surface area contributed by atoms with Gasteiger partial charge in [0.15, 0.2) is 5.78 Å². The molecule has 1 saturated heterocycles. The van der Waals surface area contributed by atoms with Crippen LogP contribution < -0.4 is 14.8 Å². The molecular weight excluding hydrogens is 367 g/mol. The number of carbonyl (C=O) groups excluding carboxylic acids is 3. The fourth-order valence-electron chi connectivity index (χ4n) is 3.08. The maximum Gasteiger partial charge on any atom is 0.325 e. The van der Waals surface area contributed by atoms with Gasteiger partial charge in [-0.25, -0.2) is 9.18 Å². The van der Waals surface area contributed by atoms with E-state index in [-0.39, 0.29) is 11.3 Å². The van der Waals surface area contributed by atoms with Gasteiger partial charge in [0.2, 0.25) is 0 Å². The molecule has 1 N–H and O–H groups in total. The summed E-state index contributed by atoms with van der Waals surface area (Å²) < 4.78 is 23.5. The number of nitrogens with one attached hydrogen (secondary N) is 1. The SMILES string of the molecule is COc1ccc(C(=O)CN2C(=O)N[C@](C)(c3ccc(F)cc3)C2=O)c(OC)c1. The number of imide groups is 1. The summed E-state index contributed by atoms with van der Waals surface area (Å²) in [4.78, 5) is 38.8. The summed E-state index contributed by atoms with van der Waals surface area (Å²) in [5.74, 6) is -0.732. The van der Waals surface area contributed by atoms with Crippen molar-refractivity contribution < 1.29 is 28.2 Å². The van der Waals surface area contributed by atoms with Crippen LogP contribution >= 0.6 is 0 Å². The molecule has 0 aliphatic carbocycles. The van der Waals surface area contributed by atoms with E-state index in [1.54, 1.807) is 12.1 Å². The number of Topliss-reactive ketones (excluding diaryl/α,β-unsaturated/α-hetero) is 1. The first kappa shape index (κ1) is 19.3. The topological polar surface area (TPSA) is 84.9 Å². The minimum atomic E-state index is -1.38. The smallest absolute Gasteiger partial charge is 0.325 e. The average molecular weight is 386 g/mol. The minimum Gasteiger partial charge on any atom is -0.497 e. The Bertz CT molecular complexity index is 944. The Labute approximate surface area is 161 Å². The number of methoxy groups -OCH3 is 2. The third-order valence-electron chi connectivity index (χ3n) is 4.71. The average Bonchev–Trinajstić information content (AvgIpc) is 2.91. The highest BCUT2D eigenvalue weighted by Gasteiger charge is 2.49. The normalized spacial score (nSPS) is 18.8. The Kier molecular flexibility index (Phi) is 5.04. The first-order valence-corrected chi connectivity index (χ1v) is 8.45. The highest BCUT2D eigenvalue weighted by atomic mass is 19.1. The molecule has 0 saturated carbocycles. The number of hydrogen-bond acceptors (Lipinski definition) is 5. The Balaban J connectivity index is 1.85. The number of ketones is 1. The largest absolute Gasteiger partial charge is 0.497 e. The summed E-state index contributed by atoms with van der Waals surface area (Å²) in [5.41, 5.74) is -0.738. The predicted molar refractivity (Wildman–Crippen MR) is 97.9 cm³/mol. The number of hydrogen-bond donors (Lipinski definition) is 1. The van der Waals surface area contributed by atoms with Crippen LogP contribution in [0.4, 0.5) is 9.18 Å². The summed E-state index contributed by atoms with van der Waals surface area (Å²) in [7, 11) is 2.89. The molecule has 28 heavy (non-hydrogen) atoms. The molecule has 8 heteroatoms. The fraction of sp³-hybridized carbons (Fsp3) is 0.250. The van der Waals surface area contributed by atoms with Crippen LogP contribution in [-0.4, -0.2) is 43.4 Å². The molecule has 7 nitrogen and oxygen atoms in total. The summed E-state index contributed by atoms with van der Waals surface area (Å²) in [6.45, 7) is 1.06. The fourth-order valence-corrected chi connectivity index (χ4v) is 3.08. The van der Waals surface area contributed by atoms with Gasteiger partial charge in [-0.2, -0.15) is 0 Å². The van der Waals surface area contributed by atoms with Crippen LogP contribution in [0.1, 0.15) is 22.8 Å². The van der Waals surface area contributed by atoms with Gasteiger partial charge in [-0.1, -0.05) is 12.1 Å². The standard InChI is InChI=1S/C20H19FN2O5/c1-20(12-4-6-13(21)7-5-12)18(25)23(19(26)22-20)11-16(24)15-9-8-14(27-2)10-17(15)28-3/h4-10H,11H2,1-3H3,(H,22,26)/t20-/m1/s1. The molecule has 0 spiro atoms. The maximum absolute atomic E-state index is 13.2. The first-order valence-electron chi connectivity index (χ1n) is 8.45. The zero-order valence-corrected chi connectivity index (χ0v) is 15.6. The summed E-state index contributed by atoms with van der Waals surface area (Å²) >= 11 is 0. The van der Waals surface area contributed by atoms with Gasteiger partial charge in [-0.3, -0.25) is 14.5 Å². The van der Waals surface area contributed by atoms with E-state index in [4.69, 9.17) is 9.47 Å².